The molecule has 7 rings (SSSR count). The highest BCUT2D eigenvalue weighted by Crippen LogP contribution is 2.69. The zero-order valence-electron chi connectivity index (χ0n) is 45.7. The van der Waals surface area contributed by atoms with Gasteiger partial charge in [-0.3, -0.25) is 48.1 Å². The number of nitrogens with two attached hydrogens (primary N) is 1. The topological polar surface area (TPSA) is 281 Å². The molecule has 1 unspecified atom stereocenters. The second-order valence-electron chi connectivity index (χ2n) is 22.9. The number of hydrogen-bond acceptors (Lipinski definition) is 15. The minimum absolute atomic E-state index is 0.0231. The van der Waals surface area contributed by atoms with Crippen LogP contribution in [-0.4, -0.2) is 119 Å². The summed E-state index contributed by atoms with van der Waals surface area (Å²) >= 11 is 0. The molecule has 1 aromatic rings. The molecule has 424 valence electrons. The number of carbonyl (C=O) groups is 10. The van der Waals surface area contributed by atoms with E-state index in [2.05, 4.69) is 17.6 Å². The number of allylic oxidation sites excluding steroid dienone is 4. The number of aliphatic hydroxyl groups is 1. The molecule has 4 fully saturated rings. The number of amides is 5. The SMILES string of the molecule is CCCC1O[C@@H]2C[C@H]3[C@@H]4CCC5=CC(=O)C=C[C@]5(C)[C@H]4[C@@H](O)C[C@]3(C)[C@]2(C(=O)COC(=O)CCC(=O)OCc2ccc(CC(=O)[C@H](CCCNC(N)=O)NC(=O)[C@@H](CC(=O)CCCCCN3C(=O)C=CC3=O)C(C)C)cc2)O1. The lowest BCUT2D eigenvalue weighted by Gasteiger charge is -2.59. The molecule has 0 spiro atoms. The number of fused-ring (bicyclic) bond motifs is 7. The number of Topliss-reactive ketones (excluding diaryl/α,β-unsaturated/α-hetero) is 3. The number of aliphatic hydroxyl groups excluding tert-OH is 1. The van der Waals surface area contributed by atoms with Crippen LogP contribution >= 0.6 is 0 Å². The van der Waals surface area contributed by atoms with E-state index >= 15 is 0 Å². The molecular formula is C59H78N4O15. The summed E-state index contributed by atoms with van der Waals surface area (Å²) < 4.78 is 24.1. The van der Waals surface area contributed by atoms with Crippen LogP contribution < -0.4 is 16.4 Å². The van der Waals surface area contributed by atoms with E-state index in [-0.39, 0.29) is 117 Å². The summed E-state index contributed by atoms with van der Waals surface area (Å²) in [5.41, 5.74) is 4.67. The number of carbonyl (C=O) groups excluding carboxylic acids is 10. The maximum absolute atomic E-state index is 14.6. The zero-order chi connectivity index (χ0) is 56.5. The Morgan fingerprint density at radius 2 is 1.59 bits per heavy atom. The summed E-state index contributed by atoms with van der Waals surface area (Å²) in [4.78, 5) is 129. The monoisotopic (exact) mass is 1080 g/mol. The van der Waals surface area contributed by atoms with E-state index in [1.807, 2.05) is 33.8 Å². The van der Waals surface area contributed by atoms with Crippen LogP contribution in [0, 0.1) is 40.4 Å². The molecule has 4 aliphatic carbocycles. The Kier molecular flexibility index (Phi) is 19.6. The number of nitrogens with one attached hydrogen (secondary N) is 2. The van der Waals surface area contributed by atoms with E-state index in [0.717, 1.165) is 23.3 Å². The maximum Gasteiger partial charge on any atom is 0.312 e. The van der Waals surface area contributed by atoms with E-state index in [1.165, 1.54) is 12.2 Å². The molecule has 1 saturated heterocycles. The van der Waals surface area contributed by atoms with Crippen molar-refractivity contribution in [2.45, 2.75) is 174 Å². The lowest BCUT2D eigenvalue weighted by Crippen LogP contribution is -2.63. The number of benzene rings is 1. The molecule has 19 heteroatoms. The number of ketones is 4. The normalized spacial score (nSPS) is 28.5. The van der Waals surface area contributed by atoms with E-state index in [9.17, 15) is 53.1 Å². The van der Waals surface area contributed by atoms with Gasteiger partial charge in [0.15, 0.2) is 30.1 Å². The number of ether oxygens (including phenoxy) is 4. The van der Waals surface area contributed by atoms with Gasteiger partial charge in [-0.2, -0.15) is 0 Å². The molecule has 5 amide bonds. The first-order valence-corrected chi connectivity index (χ1v) is 27.9. The van der Waals surface area contributed by atoms with Crippen molar-refractivity contribution in [2.24, 2.45) is 46.2 Å². The summed E-state index contributed by atoms with van der Waals surface area (Å²) in [5, 5.41) is 17.4. The Hall–Kier alpha value is -6.18. The van der Waals surface area contributed by atoms with Crippen LogP contribution in [0.3, 0.4) is 0 Å². The number of imide groups is 1. The highest BCUT2D eigenvalue weighted by atomic mass is 16.7. The van der Waals surface area contributed by atoms with E-state index in [0.29, 0.717) is 56.1 Å². The molecule has 11 atom stereocenters. The average molecular weight is 1080 g/mol. The molecule has 5 N–H and O–H groups in total. The molecule has 2 heterocycles. The van der Waals surface area contributed by atoms with Gasteiger partial charge >= 0.3 is 18.0 Å². The second-order valence-corrected chi connectivity index (χ2v) is 22.9. The Balaban J connectivity index is 0.870. The van der Waals surface area contributed by atoms with Crippen molar-refractivity contribution in [1.82, 2.24) is 15.5 Å². The van der Waals surface area contributed by atoms with Gasteiger partial charge in [-0.05, 0) is 98.8 Å². The summed E-state index contributed by atoms with van der Waals surface area (Å²) in [6.45, 7) is 9.45. The third kappa shape index (κ3) is 13.3. The molecule has 78 heavy (non-hydrogen) atoms. The first-order valence-electron chi connectivity index (χ1n) is 27.9. The van der Waals surface area contributed by atoms with Crippen LogP contribution in [0.4, 0.5) is 4.79 Å². The fourth-order valence-corrected chi connectivity index (χ4v) is 13.4. The Morgan fingerprint density at radius 3 is 2.27 bits per heavy atom. The quantitative estimate of drug-likeness (QED) is 0.0455. The zero-order valence-corrected chi connectivity index (χ0v) is 45.7. The largest absolute Gasteiger partial charge is 0.461 e. The van der Waals surface area contributed by atoms with E-state index in [1.54, 1.807) is 36.4 Å². The van der Waals surface area contributed by atoms with Crippen LogP contribution in [0.5, 0.6) is 0 Å². The highest BCUT2D eigenvalue weighted by molar-refractivity contribution is 6.12. The number of hydrogen-bond donors (Lipinski definition) is 4. The predicted molar refractivity (Wildman–Crippen MR) is 282 cm³/mol. The van der Waals surface area contributed by atoms with Crippen molar-refractivity contribution < 1.29 is 72.0 Å². The second kappa shape index (κ2) is 25.7. The van der Waals surface area contributed by atoms with E-state index < -0.39 is 83.2 Å². The van der Waals surface area contributed by atoms with Crippen LogP contribution in [0.25, 0.3) is 0 Å². The van der Waals surface area contributed by atoms with Crippen LogP contribution in [-0.2, 0) is 75.1 Å². The molecule has 6 aliphatic rings. The molecule has 0 aromatic heterocycles. The number of unbranched alkanes of at least 4 members (excludes halogenated alkanes) is 2. The number of primary amides is 1. The number of esters is 2. The lowest BCUT2D eigenvalue weighted by atomic mass is 9.46. The van der Waals surface area contributed by atoms with Gasteiger partial charge in [0.25, 0.3) is 11.8 Å². The summed E-state index contributed by atoms with van der Waals surface area (Å²) in [7, 11) is 0. The standard InChI is InChI=1S/C59H78N4O15/c1-6-11-53-77-48-31-43-41-19-18-38-29-40(65)24-25-57(38,4)54(41)46(67)32-58(43,5)59(48,78-53)47(68)34-76-52(72)23-22-51(71)75-33-37-16-14-36(15-17-37)28-45(66)44(13-10-26-61-56(60)74)62-55(73)42(35(2)3)30-39(64)12-8-7-9-27-63-49(69)20-21-50(63)70/h14-17,20-21,24-25,29,35,41-44,46,48,53-54,67H,6-13,18-19,22-23,26-28,30-34H2,1-5H3,(H,62,73)(H3,60,61,74)/t41-,42-,43-,44-,46-,48+,53?,54+,57-,58-,59+/m0/s1. The summed E-state index contributed by atoms with van der Waals surface area (Å²) in [6, 6.07) is 5.11. The van der Waals surface area contributed by atoms with Crippen molar-refractivity contribution in [1.29, 1.82) is 0 Å². The van der Waals surface area contributed by atoms with Crippen LogP contribution in [0.2, 0.25) is 0 Å². The fraction of sp³-hybridized carbons (Fsp3) is 0.627. The van der Waals surface area contributed by atoms with Crippen molar-refractivity contribution in [2.75, 3.05) is 19.7 Å². The molecule has 2 aliphatic heterocycles. The first kappa shape index (κ1) is 59.5. The third-order valence-electron chi connectivity index (χ3n) is 17.4. The minimum atomic E-state index is -1.46. The first-order chi connectivity index (χ1) is 37.1. The van der Waals surface area contributed by atoms with Gasteiger partial charge in [0.1, 0.15) is 12.4 Å². The molecule has 0 radical (unpaired) electrons. The van der Waals surface area contributed by atoms with Gasteiger partial charge in [0.2, 0.25) is 11.7 Å². The van der Waals surface area contributed by atoms with Crippen molar-refractivity contribution in [3.63, 3.8) is 0 Å². The van der Waals surface area contributed by atoms with Gasteiger partial charge in [0.05, 0.1) is 31.1 Å². The molecule has 3 saturated carbocycles. The van der Waals surface area contributed by atoms with Gasteiger partial charge in [-0.1, -0.05) is 83.4 Å². The Bertz CT molecular complexity index is 2550. The van der Waals surface area contributed by atoms with Crippen molar-refractivity contribution >= 4 is 58.8 Å². The Labute approximate surface area is 456 Å². The lowest BCUT2D eigenvalue weighted by molar-refractivity contribution is -0.201. The maximum atomic E-state index is 14.6. The number of nitrogens with zero attached hydrogens (tertiary/aromatic N) is 1. The van der Waals surface area contributed by atoms with Crippen LogP contribution in [0.1, 0.15) is 142 Å². The van der Waals surface area contributed by atoms with Crippen LogP contribution in [0.15, 0.2) is 60.2 Å². The van der Waals surface area contributed by atoms with Gasteiger partial charge < -0.3 is 40.4 Å². The van der Waals surface area contributed by atoms with Crippen molar-refractivity contribution in [3.8, 4) is 0 Å². The third-order valence-corrected chi connectivity index (χ3v) is 17.4. The minimum Gasteiger partial charge on any atom is -0.461 e. The number of rotatable bonds is 28. The molecule has 19 nitrogen and oxygen atoms in total. The Morgan fingerprint density at radius 1 is 0.897 bits per heavy atom. The van der Waals surface area contributed by atoms with Crippen molar-refractivity contribution in [3.05, 3.63) is 71.3 Å². The summed E-state index contributed by atoms with van der Waals surface area (Å²) in [5.74, 6) is -4.61. The molecule has 1 aromatic carbocycles. The van der Waals surface area contributed by atoms with Gasteiger partial charge in [-0.15, -0.1) is 0 Å². The fourth-order valence-electron chi connectivity index (χ4n) is 13.4. The molecule has 0 bridgehead atoms. The van der Waals surface area contributed by atoms with Gasteiger partial charge in [0, 0.05) is 67.2 Å². The van der Waals surface area contributed by atoms with Gasteiger partial charge in [-0.25, -0.2) is 4.79 Å². The average Bonchev–Trinajstić information content (AvgIpc) is 4.10. The molecular weight excluding hydrogens is 1000 g/mol. The summed E-state index contributed by atoms with van der Waals surface area (Å²) in [6.07, 6.45) is 10.9. The van der Waals surface area contributed by atoms with E-state index in [4.69, 9.17) is 24.7 Å². The smallest absolute Gasteiger partial charge is 0.312 e. The number of urea groups is 1. The highest BCUT2D eigenvalue weighted by Gasteiger charge is 2.76. The predicted octanol–water partition coefficient (Wildman–Crippen LogP) is 5.55.